The number of anilines is 1. The lowest BCUT2D eigenvalue weighted by Crippen LogP contribution is -2.52. The zero-order valence-corrected chi connectivity index (χ0v) is 22.0. The van der Waals surface area contributed by atoms with Gasteiger partial charge in [-0.3, -0.25) is 10.1 Å². The fourth-order valence-electron chi connectivity index (χ4n) is 4.46. The number of hydrogen-bond acceptors (Lipinski definition) is 6. The normalized spacial score (nSPS) is 16.2. The molecule has 0 saturated carbocycles. The van der Waals surface area contributed by atoms with Gasteiger partial charge in [0.25, 0.3) is 0 Å². The number of methoxy groups -OCH3 is 1. The Hall–Kier alpha value is -3.20. The number of pyridine rings is 1. The highest BCUT2D eigenvalue weighted by molar-refractivity contribution is 5.97. The number of aliphatic imine (C=N–C) groups is 1. The summed E-state index contributed by atoms with van der Waals surface area (Å²) in [6.45, 7) is 10.9. The predicted octanol–water partition coefficient (Wildman–Crippen LogP) is 3.19. The van der Waals surface area contributed by atoms with Crippen molar-refractivity contribution in [2.45, 2.75) is 40.3 Å². The maximum absolute atomic E-state index is 13.7. The molecule has 2 aromatic rings. The van der Waals surface area contributed by atoms with Crippen molar-refractivity contribution in [3.05, 3.63) is 53.5 Å². The van der Waals surface area contributed by atoms with Gasteiger partial charge in [0.2, 0.25) is 5.91 Å². The minimum atomic E-state index is -0.330. The molecule has 0 bridgehead atoms. The largest absolute Gasteiger partial charge is 0.497 e. The van der Waals surface area contributed by atoms with Crippen LogP contribution in [0.4, 0.5) is 10.2 Å². The highest BCUT2D eigenvalue weighted by Crippen LogP contribution is 2.20. The molecule has 1 aliphatic heterocycles. The van der Waals surface area contributed by atoms with Crippen LogP contribution in [0, 0.1) is 24.6 Å². The molecule has 2 atom stereocenters. The topological polar surface area (TPSA) is 96.1 Å². The van der Waals surface area contributed by atoms with E-state index >= 15 is 0 Å². The van der Waals surface area contributed by atoms with Crippen molar-refractivity contribution in [3.8, 4) is 5.75 Å². The molecule has 1 fully saturated rings. The lowest BCUT2D eigenvalue weighted by atomic mass is 9.96. The Morgan fingerprint density at radius 3 is 2.56 bits per heavy atom. The molecule has 0 aliphatic carbocycles. The third kappa shape index (κ3) is 7.40. The predicted molar refractivity (Wildman–Crippen MR) is 142 cm³/mol. The van der Waals surface area contributed by atoms with E-state index in [1.807, 2.05) is 17.0 Å². The van der Waals surface area contributed by atoms with Crippen molar-refractivity contribution in [2.24, 2.45) is 22.6 Å². The fraction of sp³-hybridized carbons (Fsp3) is 0.519. The number of nitrogens with one attached hydrogen (secondary N) is 1. The van der Waals surface area contributed by atoms with Gasteiger partial charge in [-0.15, -0.1) is 0 Å². The van der Waals surface area contributed by atoms with Gasteiger partial charge < -0.3 is 20.3 Å². The van der Waals surface area contributed by atoms with E-state index in [0.717, 1.165) is 18.0 Å². The van der Waals surface area contributed by atoms with Crippen molar-refractivity contribution in [3.63, 3.8) is 0 Å². The molecule has 3 rings (SSSR count). The molecule has 0 spiro atoms. The molecule has 3 N–H and O–H groups in total. The van der Waals surface area contributed by atoms with Gasteiger partial charge in [0.05, 0.1) is 13.7 Å². The number of benzene rings is 1. The number of aryl methyl sites for hydroxylation is 1. The molecule has 1 aromatic carbocycles. The third-order valence-corrected chi connectivity index (χ3v) is 6.49. The number of rotatable bonds is 10. The zero-order valence-electron chi connectivity index (χ0n) is 22.0. The Labute approximate surface area is 213 Å². The number of hydrogen-bond donors (Lipinski definition) is 2. The standard InChI is InChI=1S/C27H39FN6O2/c1-18(2)14-20(4)27(32-26(29)21-6-7-23(28)19(3)15-21)31-17-25(35)34-12-10-33(11-13-34)24-16-22(36-5)8-9-30-24/h6-9,15-16,18,20,27,31H,10-14,17H2,1-5H3,(H2,29,32). The first-order valence-corrected chi connectivity index (χ1v) is 12.5. The fourth-order valence-corrected chi connectivity index (χ4v) is 4.46. The smallest absolute Gasteiger partial charge is 0.236 e. The number of aromatic nitrogens is 1. The molecule has 0 radical (unpaired) electrons. The molecule has 1 aliphatic rings. The minimum absolute atomic E-state index is 0.0291. The number of ether oxygens (including phenoxy) is 1. The monoisotopic (exact) mass is 498 g/mol. The Morgan fingerprint density at radius 1 is 1.19 bits per heavy atom. The maximum atomic E-state index is 13.7. The van der Waals surface area contributed by atoms with E-state index in [1.165, 1.54) is 6.07 Å². The molecule has 1 saturated heterocycles. The van der Waals surface area contributed by atoms with Gasteiger partial charge in [0, 0.05) is 44.0 Å². The van der Waals surface area contributed by atoms with Crippen LogP contribution in [0.2, 0.25) is 0 Å². The van der Waals surface area contributed by atoms with Crippen molar-refractivity contribution in [2.75, 3.05) is 44.7 Å². The van der Waals surface area contributed by atoms with Gasteiger partial charge in [0.15, 0.2) is 0 Å². The van der Waals surface area contributed by atoms with E-state index in [4.69, 9.17) is 15.5 Å². The third-order valence-electron chi connectivity index (χ3n) is 6.49. The summed E-state index contributed by atoms with van der Waals surface area (Å²) in [5.74, 6) is 2.33. The van der Waals surface area contributed by atoms with E-state index in [9.17, 15) is 9.18 Å². The van der Waals surface area contributed by atoms with Crippen LogP contribution in [0.15, 0.2) is 41.5 Å². The van der Waals surface area contributed by atoms with Crippen LogP contribution in [-0.4, -0.2) is 67.6 Å². The second kappa shape index (κ2) is 12.7. The van der Waals surface area contributed by atoms with E-state index in [2.05, 4.69) is 36.0 Å². The van der Waals surface area contributed by atoms with Gasteiger partial charge in [-0.25, -0.2) is 14.4 Å². The number of nitrogens with two attached hydrogens (primary N) is 1. The lowest BCUT2D eigenvalue weighted by Gasteiger charge is -2.36. The molecule has 2 unspecified atom stereocenters. The van der Waals surface area contributed by atoms with Crippen LogP contribution in [0.5, 0.6) is 5.75 Å². The molecule has 2 heterocycles. The summed E-state index contributed by atoms with van der Waals surface area (Å²) in [5, 5.41) is 3.33. The number of amidine groups is 1. The molecule has 9 heteroatoms. The van der Waals surface area contributed by atoms with Gasteiger partial charge in [-0.05, 0) is 55.0 Å². The number of amides is 1. The summed E-state index contributed by atoms with van der Waals surface area (Å²) in [6, 6.07) is 8.45. The average Bonchev–Trinajstić information content (AvgIpc) is 2.87. The van der Waals surface area contributed by atoms with Crippen LogP contribution in [0.3, 0.4) is 0 Å². The highest BCUT2D eigenvalue weighted by atomic mass is 19.1. The summed E-state index contributed by atoms with van der Waals surface area (Å²) < 4.78 is 19.0. The SMILES string of the molecule is COc1ccnc(N2CCN(C(=O)CNC(N=C(N)c3ccc(F)c(C)c3)C(C)CC(C)C)CC2)c1. The van der Waals surface area contributed by atoms with E-state index in [1.54, 1.807) is 32.4 Å². The summed E-state index contributed by atoms with van der Waals surface area (Å²) in [5.41, 5.74) is 7.49. The molecule has 196 valence electrons. The average molecular weight is 499 g/mol. The minimum Gasteiger partial charge on any atom is -0.497 e. The van der Waals surface area contributed by atoms with Crippen molar-refractivity contribution in [1.29, 1.82) is 0 Å². The molecule has 8 nitrogen and oxygen atoms in total. The number of nitrogens with zero attached hydrogens (tertiary/aromatic N) is 4. The molecule has 1 amide bonds. The van der Waals surface area contributed by atoms with Crippen LogP contribution in [0.1, 0.15) is 38.3 Å². The number of halogens is 1. The van der Waals surface area contributed by atoms with Crippen LogP contribution in [0.25, 0.3) is 0 Å². The second-order valence-corrected chi connectivity index (χ2v) is 9.83. The van der Waals surface area contributed by atoms with Crippen LogP contribution >= 0.6 is 0 Å². The second-order valence-electron chi connectivity index (χ2n) is 9.83. The van der Waals surface area contributed by atoms with E-state index in [0.29, 0.717) is 49.1 Å². The Bertz CT molecular complexity index is 1050. The van der Waals surface area contributed by atoms with Crippen molar-refractivity contribution in [1.82, 2.24) is 15.2 Å². The number of carbonyl (C=O) groups is 1. The van der Waals surface area contributed by atoms with Crippen LogP contribution < -0.4 is 20.7 Å². The summed E-state index contributed by atoms with van der Waals surface area (Å²) in [7, 11) is 1.64. The number of piperazine rings is 1. The first-order chi connectivity index (χ1) is 17.2. The van der Waals surface area contributed by atoms with Crippen molar-refractivity contribution < 1.29 is 13.9 Å². The zero-order chi connectivity index (χ0) is 26.2. The van der Waals surface area contributed by atoms with Gasteiger partial charge in [-0.2, -0.15) is 0 Å². The number of carbonyl (C=O) groups excluding carboxylic acids is 1. The molecule has 1 aromatic heterocycles. The highest BCUT2D eigenvalue weighted by Gasteiger charge is 2.24. The maximum Gasteiger partial charge on any atom is 0.236 e. The summed E-state index contributed by atoms with van der Waals surface area (Å²) >= 11 is 0. The lowest BCUT2D eigenvalue weighted by molar-refractivity contribution is -0.130. The quantitative estimate of drug-likeness (QED) is 0.386. The van der Waals surface area contributed by atoms with Gasteiger partial charge in [0.1, 0.15) is 29.4 Å². The molecule has 36 heavy (non-hydrogen) atoms. The Kier molecular flexibility index (Phi) is 9.64. The van der Waals surface area contributed by atoms with Crippen LogP contribution in [-0.2, 0) is 4.79 Å². The first-order valence-electron chi connectivity index (χ1n) is 12.5. The Balaban J connectivity index is 1.62. The summed E-state index contributed by atoms with van der Waals surface area (Å²) in [4.78, 5) is 26.2. The van der Waals surface area contributed by atoms with Crippen molar-refractivity contribution >= 4 is 17.6 Å². The Morgan fingerprint density at radius 2 is 1.92 bits per heavy atom. The molecular weight excluding hydrogens is 459 g/mol. The van der Waals surface area contributed by atoms with Gasteiger partial charge >= 0.3 is 0 Å². The van der Waals surface area contributed by atoms with Gasteiger partial charge in [-0.1, -0.05) is 20.8 Å². The van der Waals surface area contributed by atoms with E-state index < -0.39 is 0 Å². The molecular formula is C27H39FN6O2. The van der Waals surface area contributed by atoms with E-state index in [-0.39, 0.29) is 30.4 Å². The first kappa shape index (κ1) is 27.4. The summed E-state index contributed by atoms with van der Waals surface area (Å²) in [6.07, 6.45) is 2.33.